The van der Waals surface area contributed by atoms with Crippen LogP contribution in [0.4, 0.5) is 5.69 Å². The lowest BCUT2D eigenvalue weighted by Gasteiger charge is -2.12. The number of rotatable bonds is 6. The summed E-state index contributed by atoms with van der Waals surface area (Å²) in [4.78, 5) is 16.9. The number of fused-ring (bicyclic) bond motifs is 1. The van der Waals surface area contributed by atoms with Crippen LogP contribution in [0.1, 0.15) is 16.7 Å². The molecule has 1 aliphatic heterocycles. The third kappa shape index (κ3) is 4.25. The zero-order valence-electron chi connectivity index (χ0n) is 17.3. The number of hydrogen-bond acceptors (Lipinski definition) is 6. The first-order valence-corrected chi connectivity index (χ1v) is 11.3. The second kappa shape index (κ2) is 8.39. The van der Waals surface area contributed by atoms with Crippen molar-refractivity contribution in [1.82, 2.24) is 10.3 Å². The molecule has 8 heteroatoms. The van der Waals surface area contributed by atoms with Crippen LogP contribution in [-0.4, -0.2) is 32.5 Å². The van der Waals surface area contributed by atoms with E-state index in [2.05, 4.69) is 15.6 Å². The topological polar surface area (TPSA) is 97.4 Å². The van der Waals surface area contributed by atoms with E-state index in [9.17, 15) is 13.2 Å². The van der Waals surface area contributed by atoms with E-state index in [0.717, 1.165) is 22.4 Å². The van der Waals surface area contributed by atoms with Gasteiger partial charge in [0.1, 0.15) is 11.8 Å². The molecule has 4 rings (SSSR count). The van der Waals surface area contributed by atoms with Crippen LogP contribution < -0.4 is 15.4 Å². The van der Waals surface area contributed by atoms with Gasteiger partial charge in [-0.15, -0.1) is 0 Å². The molecule has 0 saturated carbocycles. The van der Waals surface area contributed by atoms with Crippen molar-refractivity contribution >= 4 is 21.4 Å². The number of sulfone groups is 1. The van der Waals surface area contributed by atoms with E-state index in [1.807, 2.05) is 13.0 Å². The normalized spacial score (nSPS) is 15.1. The summed E-state index contributed by atoms with van der Waals surface area (Å²) in [5.74, 6) is 0.415. The summed E-state index contributed by atoms with van der Waals surface area (Å²) in [5, 5.41) is 6.09. The Hall–Kier alpha value is -3.39. The largest absolute Gasteiger partial charge is 0.496 e. The number of amides is 1. The Morgan fingerprint density at radius 1 is 1.16 bits per heavy atom. The smallest absolute Gasteiger partial charge is 0.243 e. The molecule has 2 heterocycles. The van der Waals surface area contributed by atoms with Gasteiger partial charge in [0, 0.05) is 31.0 Å². The maximum atomic E-state index is 12.9. The number of aromatic nitrogens is 1. The van der Waals surface area contributed by atoms with Gasteiger partial charge < -0.3 is 15.4 Å². The van der Waals surface area contributed by atoms with Crippen LogP contribution in [0, 0.1) is 6.92 Å². The van der Waals surface area contributed by atoms with Crippen LogP contribution in [0.3, 0.4) is 0 Å². The molecule has 160 valence electrons. The van der Waals surface area contributed by atoms with Gasteiger partial charge >= 0.3 is 0 Å². The van der Waals surface area contributed by atoms with Crippen molar-refractivity contribution < 1.29 is 17.9 Å². The van der Waals surface area contributed by atoms with Crippen LogP contribution >= 0.6 is 0 Å². The van der Waals surface area contributed by atoms with Crippen molar-refractivity contribution in [2.75, 3.05) is 12.4 Å². The summed E-state index contributed by atoms with van der Waals surface area (Å²) in [6, 6.07) is 12.9. The van der Waals surface area contributed by atoms with E-state index < -0.39 is 9.84 Å². The molecule has 0 spiro atoms. The van der Waals surface area contributed by atoms with Crippen molar-refractivity contribution in [3.8, 4) is 5.75 Å². The Morgan fingerprint density at radius 3 is 2.61 bits per heavy atom. The third-order valence-electron chi connectivity index (χ3n) is 5.36. The van der Waals surface area contributed by atoms with Gasteiger partial charge in [-0.1, -0.05) is 18.2 Å². The van der Waals surface area contributed by atoms with Gasteiger partial charge in [-0.2, -0.15) is 0 Å². The Balaban J connectivity index is 1.41. The average molecular weight is 438 g/mol. The van der Waals surface area contributed by atoms with Gasteiger partial charge in [0.2, 0.25) is 15.7 Å². The summed E-state index contributed by atoms with van der Waals surface area (Å²) < 4.78 is 31.1. The number of pyridine rings is 1. The van der Waals surface area contributed by atoms with Crippen LogP contribution in [0.5, 0.6) is 5.75 Å². The molecule has 7 nitrogen and oxygen atoms in total. The number of anilines is 1. The lowest BCUT2D eigenvalue weighted by atomic mass is 10.1. The predicted octanol–water partition coefficient (Wildman–Crippen LogP) is 2.88. The number of carbonyl (C=O) groups is 1. The molecule has 1 aliphatic rings. The van der Waals surface area contributed by atoms with Crippen molar-refractivity contribution in [2.45, 2.75) is 35.7 Å². The van der Waals surface area contributed by atoms with Crippen LogP contribution in [-0.2, 0) is 27.6 Å². The summed E-state index contributed by atoms with van der Waals surface area (Å²) in [6.07, 6.45) is 4.04. The second-order valence-corrected chi connectivity index (χ2v) is 9.38. The Kier molecular flexibility index (Phi) is 5.65. The van der Waals surface area contributed by atoms with E-state index in [0.29, 0.717) is 18.7 Å². The molecule has 2 N–H and O–H groups in total. The standard InChI is InChI=1S/C23H23N3O4S/c1-15-3-6-19(12-22(15)30-2)31(28,29)18-7-4-16(5-8-18)13-25-23(27)21-11-17-14-24-10-9-20(17)26-21/h3-10,12,14,21,26H,11,13H2,1-2H3,(H,25,27). The minimum absolute atomic E-state index is 0.111. The number of nitrogens with zero attached hydrogens (tertiary/aromatic N) is 1. The number of ether oxygens (including phenoxy) is 1. The lowest BCUT2D eigenvalue weighted by Crippen LogP contribution is -2.38. The highest BCUT2D eigenvalue weighted by Crippen LogP contribution is 2.27. The molecule has 31 heavy (non-hydrogen) atoms. The minimum atomic E-state index is -3.66. The molecule has 0 bridgehead atoms. The van der Waals surface area contributed by atoms with Crippen molar-refractivity contribution in [2.24, 2.45) is 0 Å². The van der Waals surface area contributed by atoms with Crippen LogP contribution in [0.2, 0.25) is 0 Å². The number of benzene rings is 2. The SMILES string of the molecule is COc1cc(S(=O)(=O)c2ccc(CNC(=O)C3Cc4cnccc4N3)cc2)ccc1C. The molecule has 1 amide bonds. The molecule has 0 radical (unpaired) electrons. The maximum absolute atomic E-state index is 12.9. The number of aryl methyl sites for hydroxylation is 1. The van der Waals surface area contributed by atoms with Gasteiger partial charge in [-0.25, -0.2) is 8.42 Å². The molecular formula is C23H23N3O4S. The van der Waals surface area contributed by atoms with Crippen LogP contribution in [0.25, 0.3) is 0 Å². The molecule has 0 aliphatic carbocycles. The van der Waals surface area contributed by atoms with E-state index in [1.54, 1.807) is 48.8 Å². The lowest BCUT2D eigenvalue weighted by molar-refractivity contribution is -0.121. The van der Waals surface area contributed by atoms with Crippen molar-refractivity contribution in [3.63, 3.8) is 0 Å². The molecule has 1 atom stereocenters. The summed E-state index contributed by atoms with van der Waals surface area (Å²) >= 11 is 0. The highest BCUT2D eigenvalue weighted by Gasteiger charge is 2.26. The predicted molar refractivity (Wildman–Crippen MR) is 117 cm³/mol. The zero-order chi connectivity index (χ0) is 22.0. The minimum Gasteiger partial charge on any atom is -0.496 e. The fourth-order valence-electron chi connectivity index (χ4n) is 3.55. The molecular weight excluding hydrogens is 414 g/mol. The second-order valence-electron chi connectivity index (χ2n) is 7.43. The molecule has 0 saturated heterocycles. The highest BCUT2D eigenvalue weighted by atomic mass is 32.2. The Morgan fingerprint density at radius 2 is 1.90 bits per heavy atom. The Labute approximate surface area is 181 Å². The number of nitrogens with one attached hydrogen (secondary N) is 2. The molecule has 1 aromatic heterocycles. The van der Waals surface area contributed by atoms with E-state index >= 15 is 0 Å². The summed E-state index contributed by atoms with van der Waals surface area (Å²) in [7, 11) is -2.15. The number of carbonyl (C=O) groups excluding carboxylic acids is 1. The van der Waals surface area contributed by atoms with Crippen molar-refractivity contribution in [1.29, 1.82) is 0 Å². The molecule has 0 fully saturated rings. The third-order valence-corrected chi connectivity index (χ3v) is 7.13. The Bertz CT molecular complexity index is 1200. The number of methoxy groups -OCH3 is 1. The molecule has 3 aromatic rings. The average Bonchev–Trinajstić information content (AvgIpc) is 3.22. The fraction of sp³-hybridized carbons (Fsp3) is 0.217. The maximum Gasteiger partial charge on any atom is 0.243 e. The quantitative estimate of drug-likeness (QED) is 0.616. The first-order valence-electron chi connectivity index (χ1n) is 9.84. The van der Waals surface area contributed by atoms with Gasteiger partial charge in [0.25, 0.3) is 0 Å². The van der Waals surface area contributed by atoms with Gasteiger partial charge in [-0.05, 0) is 53.9 Å². The zero-order valence-corrected chi connectivity index (χ0v) is 18.1. The first kappa shape index (κ1) is 20.9. The van der Waals surface area contributed by atoms with Gasteiger partial charge in [-0.3, -0.25) is 9.78 Å². The number of hydrogen-bond donors (Lipinski definition) is 2. The monoisotopic (exact) mass is 437 g/mol. The van der Waals surface area contributed by atoms with E-state index in [4.69, 9.17) is 4.74 Å². The first-order chi connectivity index (χ1) is 14.9. The van der Waals surface area contributed by atoms with Crippen LogP contribution in [0.15, 0.2) is 70.7 Å². The molecule has 1 unspecified atom stereocenters. The summed E-state index contributed by atoms with van der Waals surface area (Å²) in [5.41, 5.74) is 3.62. The van der Waals surface area contributed by atoms with E-state index in [-0.39, 0.29) is 21.7 Å². The van der Waals surface area contributed by atoms with E-state index in [1.165, 1.54) is 13.2 Å². The fourth-order valence-corrected chi connectivity index (χ4v) is 4.83. The van der Waals surface area contributed by atoms with Gasteiger partial charge in [0.05, 0.1) is 16.9 Å². The van der Waals surface area contributed by atoms with Crippen molar-refractivity contribution in [3.05, 3.63) is 77.6 Å². The highest BCUT2D eigenvalue weighted by molar-refractivity contribution is 7.91. The summed E-state index contributed by atoms with van der Waals surface area (Å²) in [6.45, 7) is 2.17. The molecule has 2 aromatic carbocycles. The van der Waals surface area contributed by atoms with Gasteiger partial charge in [0.15, 0.2) is 0 Å².